The Morgan fingerprint density at radius 3 is 2.95 bits per heavy atom. The second-order valence-electron chi connectivity index (χ2n) is 4.26. The van der Waals surface area contributed by atoms with Gasteiger partial charge in [0.05, 0.1) is 12.1 Å². The molecule has 1 heterocycles. The van der Waals surface area contributed by atoms with E-state index in [-0.39, 0.29) is 12.5 Å². The number of nitrogen functional groups attached to an aromatic ring is 1. The molecule has 0 aliphatic heterocycles. The van der Waals surface area contributed by atoms with E-state index in [1.807, 2.05) is 13.0 Å². The van der Waals surface area contributed by atoms with Crippen LogP contribution in [0.1, 0.15) is 6.92 Å². The molecule has 0 spiro atoms. The summed E-state index contributed by atoms with van der Waals surface area (Å²) in [4.78, 5) is 21.7. The quantitative estimate of drug-likeness (QED) is 0.803. The van der Waals surface area contributed by atoms with Crippen molar-refractivity contribution < 1.29 is 4.79 Å². The minimum absolute atomic E-state index is 0.0182. The molecule has 100 valence electrons. The number of aromatic nitrogens is 2. The minimum atomic E-state index is 0.0182. The third kappa shape index (κ3) is 2.90. The minimum Gasteiger partial charge on any atom is -0.399 e. The lowest BCUT2D eigenvalue weighted by molar-refractivity contribution is -0.127. The van der Waals surface area contributed by atoms with Crippen molar-refractivity contribution in [2.45, 2.75) is 6.92 Å². The summed E-state index contributed by atoms with van der Waals surface area (Å²) in [7, 11) is 1.77. The van der Waals surface area contributed by atoms with Crippen LogP contribution in [-0.4, -0.2) is 40.9 Å². The molecular formula is C13H17N5O. The molecule has 0 unspecified atom stereocenters. The van der Waals surface area contributed by atoms with Crippen LogP contribution >= 0.6 is 0 Å². The number of carbonyl (C=O) groups is 1. The summed E-state index contributed by atoms with van der Waals surface area (Å²) in [5.74, 6) is 0.660. The Bertz CT molecular complexity index is 599. The first-order chi connectivity index (χ1) is 9.11. The molecule has 6 heteroatoms. The maximum atomic E-state index is 11.7. The van der Waals surface area contributed by atoms with E-state index in [0.717, 1.165) is 10.9 Å². The van der Waals surface area contributed by atoms with Crippen molar-refractivity contribution in [2.75, 3.05) is 31.2 Å². The van der Waals surface area contributed by atoms with Crippen molar-refractivity contribution in [3.05, 3.63) is 24.5 Å². The Labute approximate surface area is 111 Å². The van der Waals surface area contributed by atoms with Gasteiger partial charge < -0.3 is 16.0 Å². The van der Waals surface area contributed by atoms with Gasteiger partial charge in [-0.1, -0.05) is 0 Å². The predicted octanol–water partition coefficient (Wildman–Crippen LogP) is 1.10. The number of likely N-dealkylation sites (N-methyl/N-ethyl adjacent to an activating group) is 1. The highest BCUT2D eigenvalue weighted by atomic mass is 16.2. The summed E-state index contributed by atoms with van der Waals surface area (Å²) in [6, 6.07) is 5.42. The Morgan fingerprint density at radius 2 is 2.21 bits per heavy atom. The van der Waals surface area contributed by atoms with Gasteiger partial charge in [-0.2, -0.15) is 0 Å². The Morgan fingerprint density at radius 1 is 1.42 bits per heavy atom. The number of hydrogen-bond donors (Lipinski definition) is 2. The second-order valence-corrected chi connectivity index (χ2v) is 4.26. The number of nitrogens with two attached hydrogens (primary N) is 1. The van der Waals surface area contributed by atoms with Crippen LogP contribution in [0, 0.1) is 0 Å². The van der Waals surface area contributed by atoms with Crippen molar-refractivity contribution in [2.24, 2.45) is 0 Å². The van der Waals surface area contributed by atoms with E-state index in [9.17, 15) is 4.79 Å². The number of benzene rings is 1. The van der Waals surface area contributed by atoms with Crippen molar-refractivity contribution in [1.82, 2.24) is 14.9 Å². The average Bonchev–Trinajstić information content (AvgIpc) is 2.43. The molecule has 6 nitrogen and oxygen atoms in total. The van der Waals surface area contributed by atoms with Gasteiger partial charge in [-0.05, 0) is 25.1 Å². The van der Waals surface area contributed by atoms with Gasteiger partial charge in [-0.15, -0.1) is 0 Å². The lowest BCUT2D eigenvalue weighted by Crippen LogP contribution is -2.32. The van der Waals surface area contributed by atoms with Gasteiger partial charge in [0.1, 0.15) is 12.1 Å². The van der Waals surface area contributed by atoms with Crippen molar-refractivity contribution >= 4 is 28.3 Å². The summed E-state index contributed by atoms with van der Waals surface area (Å²) < 4.78 is 0. The normalized spacial score (nSPS) is 10.4. The lowest BCUT2D eigenvalue weighted by Gasteiger charge is -2.15. The number of hydrogen-bond acceptors (Lipinski definition) is 5. The van der Waals surface area contributed by atoms with Crippen LogP contribution in [-0.2, 0) is 4.79 Å². The number of carbonyl (C=O) groups excluding carboxylic acids is 1. The zero-order valence-corrected chi connectivity index (χ0v) is 11.1. The number of nitrogens with zero attached hydrogens (tertiary/aromatic N) is 3. The molecule has 0 atom stereocenters. The molecule has 0 saturated carbocycles. The Hall–Kier alpha value is -2.37. The maximum absolute atomic E-state index is 11.7. The van der Waals surface area contributed by atoms with Gasteiger partial charge in [-0.25, -0.2) is 9.97 Å². The van der Waals surface area contributed by atoms with Gasteiger partial charge in [0.25, 0.3) is 0 Å². The van der Waals surface area contributed by atoms with Crippen LogP contribution in [0.4, 0.5) is 11.5 Å². The Balaban J connectivity index is 2.19. The topological polar surface area (TPSA) is 84.1 Å². The number of anilines is 2. The number of amides is 1. The van der Waals surface area contributed by atoms with Crippen molar-refractivity contribution in [3.63, 3.8) is 0 Å². The van der Waals surface area contributed by atoms with E-state index in [1.165, 1.54) is 6.33 Å². The fourth-order valence-electron chi connectivity index (χ4n) is 1.69. The highest BCUT2D eigenvalue weighted by molar-refractivity contribution is 5.92. The largest absolute Gasteiger partial charge is 0.399 e. The molecule has 0 fully saturated rings. The highest BCUT2D eigenvalue weighted by Gasteiger charge is 2.08. The number of rotatable bonds is 4. The maximum Gasteiger partial charge on any atom is 0.241 e. The van der Waals surface area contributed by atoms with Gasteiger partial charge in [0.2, 0.25) is 5.91 Å². The molecule has 0 aliphatic rings. The first kappa shape index (κ1) is 13.1. The van der Waals surface area contributed by atoms with Gasteiger partial charge in [0.15, 0.2) is 0 Å². The average molecular weight is 259 g/mol. The van der Waals surface area contributed by atoms with Gasteiger partial charge >= 0.3 is 0 Å². The molecule has 2 rings (SSSR count). The lowest BCUT2D eigenvalue weighted by atomic mass is 10.2. The third-order valence-corrected chi connectivity index (χ3v) is 2.97. The fourth-order valence-corrected chi connectivity index (χ4v) is 1.69. The van der Waals surface area contributed by atoms with Crippen LogP contribution in [0.2, 0.25) is 0 Å². The third-order valence-electron chi connectivity index (χ3n) is 2.97. The van der Waals surface area contributed by atoms with E-state index < -0.39 is 0 Å². The molecule has 0 bridgehead atoms. The zero-order chi connectivity index (χ0) is 13.8. The first-order valence-electron chi connectivity index (χ1n) is 6.10. The Kier molecular flexibility index (Phi) is 3.79. The van der Waals surface area contributed by atoms with Crippen LogP contribution < -0.4 is 11.1 Å². The number of nitrogens with one attached hydrogen (secondary N) is 1. The monoisotopic (exact) mass is 259 g/mol. The van der Waals surface area contributed by atoms with E-state index in [4.69, 9.17) is 5.73 Å². The summed E-state index contributed by atoms with van der Waals surface area (Å²) in [5.41, 5.74) is 7.12. The fraction of sp³-hybridized carbons (Fsp3) is 0.308. The summed E-state index contributed by atoms with van der Waals surface area (Å²) in [5, 5.41) is 3.89. The smallest absolute Gasteiger partial charge is 0.241 e. The predicted molar refractivity (Wildman–Crippen MR) is 75.8 cm³/mol. The van der Waals surface area contributed by atoms with Crippen LogP contribution in [0.5, 0.6) is 0 Å². The highest BCUT2D eigenvalue weighted by Crippen LogP contribution is 2.20. The molecule has 3 N–H and O–H groups in total. The van der Waals surface area contributed by atoms with Gasteiger partial charge in [0, 0.05) is 24.7 Å². The zero-order valence-electron chi connectivity index (χ0n) is 11.1. The summed E-state index contributed by atoms with van der Waals surface area (Å²) in [6.45, 7) is 2.82. The van der Waals surface area contributed by atoms with Crippen LogP contribution in [0.3, 0.4) is 0 Å². The summed E-state index contributed by atoms with van der Waals surface area (Å²) in [6.07, 6.45) is 1.46. The summed E-state index contributed by atoms with van der Waals surface area (Å²) >= 11 is 0. The van der Waals surface area contributed by atoms with E-state index in [1.54, 1.807) is 24.1 Å². The SMILES string of the molecule is CCN(C)C(=O)CNc1ncnc2cc(N)ccc12. The van der Waals surface area contributed by atoms with E-state index in [0.29, 0.717) is 18.1 Å². The molecule has 1 amide bonds. The molecule has 2 aromatic rings. The van der Waals surface area contributed by atoms with Crippen molar-refractivity contribution in [3.8, 4) is 0 Å². The molecule has 1 aromatic heterocycles. The molecule has 19 heavy (non-hydrogen) atoms. The number of fused-ring (bicyclic) bond motifs is 1. The van der Waals surface area contributed by atoms with Crippen molar-refractivity contribution in [1.29, 1.82) is 0 Å². The van der Waals surface area contributed by atoms with Gasteiger partial charge in [-0.3, -0.25) is 4.79 Å². The molecule has 0 aliphatic carbocycles. The van der Waals surface area contributed by atoms with Crippen LogP contribution in [0.15, 0.2) is 24.5 Å². The van der Waals surface area contributed by atoms with Crippen LogP contribution in [0.25, 0.3) is 10.9 Å². The molecular weight excluding hydrogens is 242 g/mol. The van der Waals surface area contributed by atoms with E-state index >= 15 is 0 Å². The molecule has 0 saturated heterocycles. The molecule has 1 aromatic carbocycles. The second kappa shape index (κ2) is 5.51. The first-order valence-corrected chi connectivity index (χ1v) is 6.10. The standard InChI is InChI=1S/C13H17N5O/c1-3-18(2)12(19)7-15-13-10-5-4-9(14)6-11(10)16-8-17-13/h4-6,8H,3,7,14H2,1-2H3,(H,15,16,17). The van der Waals surface area contributed by atoms with E-state index in [2.05, 4.69) is 15.3 Å². The molecule has 0 radical (unpaired) electrons.